The average Bonchev–Trinajstić information content (AvgIpc) is 2.40. The third-order valence-electron chi connectivity index (χ3n) is 3.56. The van der Waals surface area contributed by atoms with Crippen LogP contribution < -0.4 is 5.32 Å². The molecule has 1 saturated heterocycles. The Morgan fingerprint density at radius 1 is 1.43 bits per heavy atom. The molecular weight excluding hydrogens is 295 g/mol. The van der Waals surface area contributed by atoms with Crippen LogP contribution in [0.4, 0.5) is 10.1 Å². The third kappa shape index (κ3) is 4.15. The zero-order chi connectivity index (χ0) is 15.6. The number of ether oxygens (including phenoxy) is 1. The van der Waals surface area contributed by atoms with E-state index in [1.165, 1.54) is 12.1 Å². The molecule has 0 unspecified atom stereocenters. The fraction of sp³-hybridized carbons (Fsp3) is 0.533. The van der Waals surface area contributed by atoms with E-state index in [2.05, 4.69) is 5.32 Å². The molecular formula is C15H20ClFN2O2. The number of carbonyl (C=O) groups is 1. The van der Waals surface area contributed by atoms with Gasteiger partial charge in [-0.05, 0) is 39.0 Å². The van der Waals surface area contributed by atoms with E-state index in [9.17, 15) is 9.18 Å². The lowest BCUT2D eigenvalue weighted by atomic mass is 10.1. The van der Waals surface area contributed by atoms with Crippen LogP contribution in [0, 0.1) is 5.82 Å². The van der Waals surface area contributed by atoms with Gasteiger partial charge < -0.3 is 10.1 Å². The van der Waals surface area contributed by atoms with Crippen molar-refractivity contribution in [2.24, 2.45) is 0 Å². The highest BCUT2D eigenvalue weighted by atomic mass is 35.5. The minimum absolute atomic E-state index is 0.0799. The Bertz CT molecular complexity index is 516. The quantitative estimate of drug-likeness (QED) is 0.932. The first-order valence-corrected chi connectivity index (χ1v) is 7.40. The van der Waals surface area contributed by atoms with Gasteiger partial charge in [0.05, 0.1) is 23.9 Å². The number of morpholine rings is 1. The van der Waals surface area contributed by atoms with Gasteiger partial charge in [0.2, 0.25) is 5.91 Å². The van der Waals surface area contributed by atoms with Crippen molar-refractivity contribution in [1.82, 2.24) is 4.90 Å². The molecule has 4 nitrogen and oxygen atoms in total. The summed E-state index contributed by atoms with van der Waals surface area (Å²) in [6.07, 6.45) is 0.160. The standard InChI is InChI=1S/C15H20ClFN2O2/c1-9-7-19(8-10(2)21-9)11(3)15(20)18-14-5-4-12(16)6-13(14)17/h4-6,9-11H,7-8H2,1-3H3,(H,18,20)/t9-,10+,11-/m0/s1. The highest BCUT2D eigenvalue weighted by molar-refractivity contribution is 6.30. The van der Waals surface area contributed by atoms with Crippen LogP contribution in [-0.4, -0.2) is 42.1 Å². The second-order valence-electron chi connectivity index (χ2n) is 5.50. The number of nitrogens with one attached hydrogen (secondary N) is 1. The van der Waals surface area contributed by atoms with Crippen LogP contribution in [0.15, 0.2) is 18.2 Å². The van der Waals surface area contributed by atoms with Gasteiger partial charge in [0.1, 0.15) is 5.82 Å². The number of halogens is 2. The Morgan fingerprint density at radius 2 is 2.05 bits per heavy atom. The molecule has 0 aromatic heterocycles. The second-order valence-corrected chi connectivity index (χ2v) is 5.94. The molecule has 1 heterocycles. The van der Waals surface area contributed by atoms with E-state index in [1.54, 1.807) is 6.07 Å². The molecule has 3 atom stereocenters. The summed E-state index contributed by atoms with van der Waals surface area (Å²) < 4.78 is 19.4. The van der Waals surface area contributed by atoms with Crippen LogP contribution in [-0.2, 0) is 9.53 Å². The molecule has 0 saturated carbocycles. The van der Waals surface area contributed by atoms with Gasteiger partial charge in [0.15, 0.2) is 0 Å². The Labute approximate surface area is 129 Å². The highest BCUT2D eigenvalue weighted by Crippen LogP contribution is 2.20. The fourth-order valence-corrected chi connectivity index (χ4v) is 2.69. The molecule has 1 aliphatic heterocycles. The van der Waals surface area contributed by atoms with Crippen molar-refractivity contribution < 1.29 is 13.9 Å². The zero-order valence-corrected chi connectivity index (χ0v) is 13.2. The molecule has 1 amide bonds. The van der Waals surface area contributed by atoms with Crippen LogP contribution in [0.3, 0.4) is 0 Å². The van der Waals surface area contributed by atoms with Gasteiger partial charge in [-0.2, -0.15) is 0 Å². The Morgan fingerprint density at radius 3 is 2.62 bits per heavy atom. The van der Waals surface area contributed by atoms with Crippen LogP contribution >= 0.6 is 11.6 Å². The Kier molecular flexibility index (Phi) is 5.19. The lowest BCUT2D eigenvalue weighted by Gasteiger charge is -2.38. The number of rotatable bonds is 3. The largest absolute Gasteiger partial charge is 0.373 e. The van der Waals surface area contributed by atoms with Gasteiger partial charge in [0.25, 0.3) is 0 Å². The van der Waals surface area contributed by atoms with Gasteiger partial charge in [-0.25, -0.2) is 4.39 Å². The van der Waals surface area contributed by atoms with Gasteiger partial charge in [0, 0.05) is 18.1 Å². The molecule has 1 fully saturated rings. The number of anilines is 1. The van der Waals surface area contributed by atoms with E-state index in [1.807, 2.05) is 25.7 Å². The maximum Gasteiger partial charge on any atom is 0.241 e. The number of hydrogen-bond acceptors (Lipinski definition) is 3. The molecule has 0 radical (unpaired) electrons. The number of hydrogen-bond donors (Lipinski definition) is 1. The third-order valence-corrected chi connectivity index (χ3v) is 3.80. The maximum atomic E-state index is 13.7. The van der Waals surface area contributed by atoms with E-state index >= 15 is 0 Å². The van der Waals surface area contributed by atoms with Crippen molar-refractivity contribution in [2.75, 3.05) is 18.4 Å². The SMILES string of the molecule is C[C@@H]1CN([C@@H](C)C(=O)Nc2ccc(Cl)cc2F)C[C@H](C)O1. The van der Waals surface area contributed by atoms with Gasteiger partial charge in [-0.3, -0.25) is 9.69 Å². The van der Waals surface area contributed by atoms with E-state index < -0.39 is 5.82 Å². The van der Waals surface area contributed by atoms with Gasteiger partial charge in [-0.1, -0.05) is 11.6 Å². The first-order chi connectivity index (χ1) is 9.86. The molecule has 116 valence electrons. The van der Waals surface area contributed by atoms with E-state index in [4.69, 9.17) is 16.3 Å². The molecule has 1 aromatic carbocycles. The van der Waals surface area contributed by atoms with Crippen molar-refractivity contribution in [2.45, 2.75) is 39.0 Å². The second kappa shape index (κ2) is 6.73. The lowest BCUT2D eigenvalue weighted by molar-refractivity contribution is -0.126. The topological polar surface area (TPSA) is 41.6 Å². The van der Waals surface area contributed by atoms with Crippen molar-refractivity contribution in [3.8, 4) is 0 Å². The van der Waals surface area contributed by atoms with Crippen LogP contribution in [0.1, 0.15) is 20.8 Å². The molecule has 1 N–H and O–H groups in total. The first-order valence-electron chi connectivity index (χ1n) is 7.02. The minimum atomic E-state index is -0.535. The number of benzene rings is 1. The summed E-state index contributed by atoms with van der Waals surface area (Å²) in [4.78, 5) is 14.3. The normalized spacial score (nSPS) is 24.6. The summed E-state index contributed by atoms with van der Waals surface area (Å²) in [5, 5.41) is 2.91. The van der Waals surface area contributed by atoms with Crippen LogP contribution in [0.2, 0.25) is 5.02 Å². The summed E-state index contributed by atoms with van der Waals surface area (Å²) in [6, 6.07) is 3.84. The number of nitrogens with zero attached hydrogens (tertiary/aromatic N) is 1. The summed E-state index contributed by atoms with van der Waals surface area (Å²) in [6.45, 7) is 7.14. The minimum Gasteiger partial charge on any atom is -0.373 e. The summed E-state index contributed by atoms with van der Waals surface area (Å²) in [5.41, 5.74) is 0.144. The van der Waals surface area contributed by atoms with Gasteiger partial charge in [-0.15, -0.1) is 0 Å². The van der Waals surface area contributed by atoms with Crippen LogP contribution in [0.5, 0.6) is 0 Å². The molecule has 1 aromatic rings. The lowest BCUT2D eigenvalue weighted by Crippen LogP contribution is -2.52. The predicted octanol–water partition coefficient (Wildman–Crippen LogP) is 2.92. The van der Waals surface area contributed by atoms with Gasteiger partial charge >= 0.3 is 0 Å². The molecule has 2 rings (SSSR count). The number of amides is 1. The summed E-state index contributed by atoms with van der Waals surface area (Å²) in [5.74, 6) is -0.774. The Hall–Kier alpha value is -1.17. The molecule has 6 heteroatoms. The van der Waals surface area contributed by atoms with Crippen molar-refractivity contribution in [3.63, 3.8) is 0 Å². The molecule has 21 heavy (non-hydrogen) atoms. The Balaban J connectivity index is 2.02. The highest BCUT2D eigenvalue weighted by Gasteiger charge is 2.29. The smallest absolute Gasteiger partial charge is 0.241 e. The number of carbonyl (C=O) groups excluding carboxylic acids is 1. The molecule has 0 aliphatic carbocycles. The van der Waals surface area contributed by atoms with Crippen molar-refractivity contribution >= 4 is 23.2 Å². The molecule has 0 spiro atoms. The molecule has 0 bridgehead atoms. The van der Waals surface area contributed by atoms with E-state index in [0.29, 0.717) is 18.1 Å². The fourth-order valence-electron chi connectivity index (χ4n) is 2.53. The predicted molar refractivity (Wildman–Crippen MR) is 81.1 cm³/mol. The maximum absolute atomic E-state index is 13.7. The first kappa shape index (κ1) is 16.2. The van der Waals surface area contributed by atoms with Crippen molar-refractivity contribution in [3.05, 3.63) is 29.0 Å². The average molecular weight is 315 g/mol. The zero-order valence-electron chi connectivity index (χ0n) is 12.4. The summed E-state index contributed by atoms with van der Waals surface area (Å²) in [7, 11) is 0. The van der Waals surface area contributed by atoms with Crippen molar-refractivity contribution in [1.29, 1.82) is 0 Å². The van der Waals surface area contributed by atoms with E-state index in [-0.39, 0.29) is 29.8 Å². The van der Waals surface area contributed by atoms with Crippen LogP contribution in [0.25, 0.3) is 0 Å². The van der Waals surface area contributed by atoms with E-state index in [0.717, 1.165) is 0 Å². The summed E-state index contributed by atoms with van der Waals surface area (Å²) >= 11 is 5.70. The monoisotopic (exact) mass is 314 g/mol. The molecule has 1 aliphatic rings.